The maximum Gasteiger partial charge on any atom is 0.247 e. The van der Waals surface area contributed by atoms with Crippen LogP contribution in [0.5, 0.6) is 0 Å². The van der Waals surface area contributed by atoms with Gasteiger partial charge in [-0.05, 0) is 25.0 Å². The number of hydrogen-bond donors (Lipinski definition) is 2. The summed E-state index contributed by atoms with van der Waals surface area (Å²) in [5.74, 6) is 0.896. The van der Waals surface area contributed by atoms with Crippen LogP contribution in [0.3, 0.4) is 0 Å². The maximum atomic E-state index is 11.6. The van der Waals surface area contributed by atoms with Crippen LogP contribution < -0.4 is 15.5 Å². The molecule has 6 rings (SSSR count). The van der Waals surface area contributed by atoms with Crippen molar-refractivity contribution in [3.63, 3.8) is 0 Å². The van der Waals surface area contributed by atoms with Crippen molar-refractivity contribution in [1.82, 2.24) is 29.4 Å². The maximum absolute atomic E-state index is 11.6. The molecule has 2 aromatic heterocycles. The molecule has 2 saturated heterocycles. The fourth-order valence-electron chi connectivity index (χ4n) is 4.93. The van der Waals surface area contributed by atoms with Crippen LogP contribution >= 0.6 is 11.6 Å². The summed E-state index contributed by atoms with van der Waals surface area (Å²) in [6, 6.07) is 8.48. The standard InChI is InChI=1S/C25H26ClN11O/c1-15(38)34-4-6-35(7-5-34)19-13-36(14-19)21-9-16(10-27)8-20(22(21)26)31-25-32-23(30-17-2-3-17)24-29-12-18(11-28)37(24)33-25/h8-9,12,17,19H,2-7,13-14H2,1H3,(H2,30,31,32,33). The Morgan fingerprint density at radius 1 is 1.13 bits per heavy atom. The van der Waals surface area contributed by atoms with Gasteiger partial charge in [-0.25, -0.2) is 4.98 Å². The summed E-state index contributed by atoms with van der Waals surface area (Å²) in [7, 11) is 0. The Labute approximate surface area is 224 Å². The second kappa shape index (κ2) is 9.63. The quantitative estimate of drug-likeness (QED) is 0.486. The van der Waals surface area contributed by atoms with Crippen LogP contribution in [0.4, 0.5) is 23.1 Å². The summed E-state index contributed by atoms with van der Waals surface area (Å²) in [5.41, 5.74) is 2.51. The number of nitrogens with one attached hydrogen (secondary N) is 2. The lowest BCUT2D eigenvalue weighted by molar-refractivity contribution is -0.130. The van der Waals surface area contributed by atoms with Crippen molar-refractivity contribution < 1.29 is 4.79 Å². The molecule has 0 bridgehead atoms. The van der Waals surface area contributed by atoms with Crippen LogP contribution in [-0.2, 0) is 4.79 Å². The molecule has 2 N–H and O–H groups in total. The minimum absolute atomic E-state index is 0.121. The van der Waals surface area contributed by atoms with Crippen LogP contribution in [0.25, 0.3) is 5.65 Å². The molecule has 1 saturated carbocycles. The third-order valence-corrected chi connectivity index (χ3v) is 7.70. The number of piperazine rings is 1. The Bertz CT molecular complexity index is 1490. The van der Waals surface area contributed by atoms with Gasteiger partial charge in [0.1, 0.15) is 6.07 Å². The molecule has 1 aliphatic carbocycles. The van der Waals surface area contributed by atoms with Crippen LogP contribution in [0.1, 0.15) is 31.0 Å². The molecule has 0 atom stereocenters. The summed E-state index contributed by atoms with van der Waals surface area (Å²) >= 11 is 6.86. The first-order valence-electron chi connectivity index (χ1n) is 12.6. The predicted molar refractivity (Wildman–Crippen MR) is 141 cm³/mol. The van der Waals surface area contributed by atoms with Gasteiger partial charge in [0.2, 0.25) is 11.9 Å². The van der Waals surface area contributed by atoms with E-state index >= 15 is 0 Å². The van der Waals surface area contributed by atoms with Gasteiger partial charge in [0, 0.05) is 58.3 Å². The molecule has 1 aromatic carbocycles. The van der Waals surface area contributed by atoms with Gasteiger partial charge in [0.25, 0.3) is 0 Å². The number of nitrogens with zero attached hydrogens (tertiary/aromatic N) is 9. The van der Waals surface area contributed by atoms with Crippen molar-refractivity contribution >= 4 is 46.3 Å². The molecule has 0 unspecified atom stereocenters. The molecular weight excluding hydrogens is 506 g/mol. The molecule has 13 heteroatoms. The van der Waals surface area contributed by atoms with Crippen molar-refractivity contribution in [2.45, 2.75) is 31.8 Å². The molecule has 12 nitrogen and oxygen atoms in total. The van der Waals surface area contributed by atoms with E-state index in [0.29, 0.717) is 39.8 Å². The summed E-state index contributed by atoms with van der Waals surface area (Å²) in [6.07, 6.45) is 3.56. The van der Waals surface area contributed by atoms with Gasteiger partial charge in [-0.3, -0.25) is 9.69 Å². The number of rotatable bonds is 6. The van der Waals surface area contributed by atoms with Gasteiger partial charge in [-0.2, -0.15) is 20.0 Å². The van der Waals surface area contributed by atoms with Crippen molar-refractivity contribution in [2.24, 2.45) is 0 Å². The smallest absolute Gasteiger partial charge is 0.247 e. The summed E-state index contributed by atoms with van der Waals surface area (Å²) < 4.78 is 1.45. The van der Waals surface area contributed by atoms with Crippen LogP contribution in [0, 0.1) is 22.7 Å². The van der Waals surface area contributed by atoms with E-state index in [1.54, 1.807) is 19.1 Å². The van der Waals surface area contributed by atoms with Crippen LogP contribution in [0.2, 0.25) is 5.02 Å². The lowest BCUT2D eigenvalue weighted by Crippen LogP contribution is -2.63. The zero-order valence-electron chi connectivity index (χ0n) is 20.9. The lowest BCUT2D eigenvalue weighted by atomic mass is 10.0. The largest absolute Gasteiger partial charge is 0.367 e. The fourth-order valence-corrected chi connectivity index (χ4v) is 5.20. The Hall–Kier alpha value is -4.13. The Balaban J connectivity index is 1.23. The van der Waals surface area contributed by atoms with Crippen molar-refractivity contribution in [3.05, 3.63) is 34.6 Å². The number of hydrogen-bond acceptors (Lipinski definition) is 10. The number of anilines is 4. The molecule has 194 valence electrons. The highest BCUT2D eigenvalue weighted by Gasteiger charge is 2.35. The number of carbonyl (C=O) groups is 1. The molecule has 3 aromatic rings. The molecule has 0 radical (unpaired) electrons. The first-order valence-corrected chi connectivity index (χ1v) is 13.0. The highest BCUT2D eigenvalue weighted by molar-refractivity contribution is 6.36. The molecule has 3 aliphatic rings. The monoisotopic (exact) mass is 531 g/mol. The Morgan fingerprint density at radius 3 is 2.55 bits per heavy atom. The Kier molecular flexibility index (Phi) is 6.14. The second-order valence-electron chi connectivity index (χ2n) is 9.89. The highest BCUT2D eigenvalue weighted by atomic mass is 35.5. The molecular formula is C25H26ClN11O. The van der Waals surface area contributed by atoms with Gasteiger partial charge in [0.15, 0.2) is 17.2 Å². The van der Waals surface area contributed by atoms with Gasteiger partial charge in [-0.1, -0.05) is 11.6 Å². The summed E-state index contributed by atoms with van der Waals surface area (Å²) in [5, 5.41) is 30.6. The number of nitriles is 2. The number of benzene rings is 1. The van der Waals surface area contributed by atoms with E-state index in [-0.39, 0.29) is 17.5 Å². The first kappa shape index (κ1) is 24.2. The van der Waals surface area contributed by atoms with E-state index < -0.39 is 0 Å². The zero-order chi connectivity index (χ0) is 26.4. The number of fused-ring (bicyclic) bond motifs is 1. The van der Waals surface area contributed by atoms with Gasteiger partial charge < -0.3 is 20.4 Å². The highest BCUT2D eigenvalue weighted by Crippen LogP contribution is 2.38. The van der Waals surface area contributed by atoms with E-state index in [0.717, 1.165) is 57.8 Å². The van der Waals surface area contributed by atoms with E-state index in [1.165, 1.54) is 10.7 Å². The van der Waals surface area contributed by atoms with E-state index in [9.17, 15) is 15.3 Å². The minimum Gasteiger partial charge on any atom is -0.367 e. The second-order valence-corrected chi connectivity index (χ2v) is 10.3. The van der Waals surface area contributed by atoms with Crippen molar-refractivity contribution in [3.8, 4) is 12.1 Å². The van der Waals surface area contributed by atoms with Crippen LogP contribution in [0.15, 0.2) is 18.3 Å². The number of imidazole rings is 1. The third kappa shape index (κ3) is 4.53. The third-order valence-electron chi connectivity index (χ3n) is 7.30. The molecule has 0 spiro atoms. The van der Waals surface area contributed by atoms with Gasteiger partial charge in [0.05, 0.1) is 34.2 Å². The first-order chi connectivity index (χ1) is 18.4. The molecule has 4 heterocycles. The summed E-state index contributed by atoms with van der Waals surface area (Å²) in [6.45, 7) is 6.38. The summed E-state index contributed by atoms with van der Waals surface area (Å²) in [4.78, 5) is 27.0. The lowest BCUT2D eigenvalue weighted by Gasteiger charge is -2.49. The average Bonchev–Trinajstić information content (AvgIpc) is 3.61. The number of halogens is 1. The molecule has 38 heavy (non-hydrogen) atoms. The zero-order valence-corrected chi connectivity index (χ0v) is 21.6. The van der Waals surface area contributed by atoms with Crippen LogP contribution in [-0.4, -0.2) is 86.6 Å². The minimum atomic E-state index is 0.121. The van der Waals surface area contributed by atoms with Gasteiger partial charge in [-0.15, -0.1) is 5.10 Å². The van der Waals surface area contributed by atoms with Crippen molar-refractivity contribution in [2.75, 3.05) is 54.8 Å². The normalized spacial score (nSPS) is 18.1. The Morgan fingerprint density at radius 2 is 1.89 bits per heavy atom. The number of carbonyl (C=O) groups excluding carboxylic acids is 1. The number of amides is 1. The molecule has 1 amide bonds. The van der Waals surface area contributed by atoms with E-state index in [2.05, 4.69) is 47.6 Å². The fraction of sp³-hybridized carbons (Fsp3) is 0.440. The SMILES string of the molecule is CC(=O)N1CCN(C2CN(c3cc(C#N)cc(Nc4nc(NC5CC5)c5ncc(C#N)n5n4)c3Cl)C2)CC1. The molecule has 3 fully saturated rings. The van der Waals surface area contributed by atoms with E-state index in [1.807, 2.05) is 4.90 Å². The molecule has 2 aliphatic heterocycles. The van der Waals surface area contributed by atoms with Crippen molar-refractivity contribution in [1.29, 1.82) is 10.5 Å². The topological polar surface area (TPSA) is 142 Å². The number of aromatic nitrogens is 4. The predicted octanol–water partition coefficient (Wildman–Crippen LogP) is 2.19. The van der Waals surface area contributed by atoms with E-state index in [4.69, 9.17) is 11.6 Å². The van der Waals surface area contributed by atoms with Gasteiger partial charge >= 0.3 is 0 Å². The average molecular weight is 532 g/mol.